The normalized spacial score (nSPS) is 11.6. The first kappa shape index (κ1) is 20.7. The van der Waals surface area contributed by atoms with Crippen LogP contribution in [0.2, 0.25) is 3.67 Å². The van der Waals surface area contributed by atoms with E-state index in [1.54, 1.807) is 0 Å². The first-order valence-electron chi connectivity index (χ1n) is 9.56. The van der Waals surface area contributed by atoms with Crippen molar-refractivity contribution in [1.82, 2.24) is 0 Å². The summed E-state index contributed by atoms with van der Waals surface area (Å²) in [5, 5.41) is 0. The summed E-state index contributed by atoms with van der Waals surface area (Å²) in [6.07, 6.45) is 26.5. The summed E-state index contributed by atoms with van der Waals surface area (Å²) < 4.78 is 1.33. The molecule has 1 heteroatoms. The van der Waals surface area contributed by atoms with Crippen molar-refractivity contribution in [2.75, 3.05) is 0 Å². The van der Waals surface area contributed by atoms with Crippen molar-refractivity contribution >= 4 is 27.9 Å². The number of allylic oxidation sites excluding steroid dienone is 2. The van der Waals surface area contributed by atoms with Crippen LogP contribution in [0, 0.1) is 0 Å². The Morgan fingerprint density at radius 3 is 1.35 bits per heavy atom. The van der Waals surface area contributed by atoms with Crippen molar-refractivity contribution in [3.8, 4) is 0 Å². The van der Waals surface area contributed by atoms with Crippen LogP contribution in [0.3, 0.4) is 0 Å². The van der Waals surface area contributed by atoms with E-state index in [9.17, 15) is 0 Å². The van der Waals surface area contributed by atoms with Gasteiger partial charge < -0.3 is 0 Å². The molecule has 114 valence electrons. The topological polar surface area (TPSA) is 0 Å². The predicted molar refractivity (Wildman–Crippen MR) is 94.6 cm³/mol. The third-order valence-corrected chi connectivity index (χ3v) is 4.60. The second-order valence-electron chi connectivity index (χ2n) is 6.26. The fourth-order valence-corrected chi connectivity index (χ4v) is 3.07. The van der Waals surface area contributed by atoms with E-state index in [1.165, 1.54) is 128 Å². The molecule has 0 amide bonds. The molecule has 0 heterocycles. The van der Waals surface area contributed by atoms with E-state index in [1.807, 2.05) is 0 Å². The number of hydrogen-bond acceptors (Lipinski definition) is 0. The van der Waals surface area contributed by atoms with Gasteiger partial charge in [0, 0.05) is 0 Å². The fraction of sp³-hybridized carbons (Fsp3) is 0.895. The van der Waals surface area contributed by atoms with Crippen molar-refractivity contribution < 1.29 is 0 Å². The van der Waals surface area contributed by atoms with Crippen molar-refractivity contribution in [1.29, 1.82) is 0 Å². The summed E-state index contributed by atoms with van der Waals surface area (Å²) in [7, 11) is 0. The molecule has 0 spiro atoms. The Hall–Kier alpha value is 0.740. The molecule has 0 rings (SSSR count). The van der Waals surface area contributed by atoms with Crippen molar-refractivity contribution in [3.63, 3.8) is 0 Å². The summed E-state index contributed by atoms with van der Waals surface area (Å²) in [4.78, 5) is 0. The van der Waals surface area contributed by atoms with Gasteiger partial charge in [0.05, 0.1) is 0 Å². The summed E-state index contributed by atoms with van der Waals surface area (Å²) in [5.74, 6) is 0. The second-order valence-corrected chi connectivity index (χ2v) is 7.08. The van der Waals surface area contributed by atoms with E-state index in [2.05, 4.69) is 19.1 Å². The van der Waals surface area contributed by atoms with Gasteiger partial charge in [0.2, 0.25) is 0 Å². The summed E-state index contributed by atoms with van der Waals surface area (Å²) >= 11 is 1.32. The molecular weight excluding hydrogens is 251 g/mol. The predicted octanol–water partition coefficient (Wildman–Crippen LogP) is 7.00. The third-order valence-electron chi connectivity index (χ3n) is 4.13. The van der Waals surface area contributed by atoms with Crippen LogP contribution < -0.4 is 0 Å². The molecule has 0 aromatic carbocycles. The Morgan fingerprint density at radius 2 is 0.950 bits per heavy atom. The zero-order valence-electron chi connectivity index (χ0n) is 14.5. The number of hydrogen-bond donors (Lipinski definition) is 0. The minimum absolute atomic E-state index is 1.32. The van der Waals surface area contributed by atoms with Gasteiger partial charge in [-0.3, -0.25) is 0 Å². The van der Waals surface area contributed by atoms with E-state index in [4.69, 9.17) is 0 Å². The van der Waals surface area contributed by atoms with Crippen LogP contribution in [0.4, 0.5) is 0 Å². The van der Waals surface area contributed by atoms with Gasteiger partial charge in [0.25, 0.3) is 0 Å². The maximum absolute atomic E-state index is 2.38. The van der Waals surface area contributed by atoms with E-state index >= 15 is 0 Å². The van der Waals surface area contributed by atoms with Crippen LogP contribution in [-0.2, 0) is 0 Å². The van der Waals surface area contributed by atoms with Crippen molar-refractivity contribution in [2.45, 2.75) is 107 Å². The van der Waals surface area contributed by atoms with Crippen LogP contribution in [0.1, 0.15) is 103 Å². The van der Waals surface area contributed by atoms with E-state index in [0.717, 1.165) is 0 Å². The van der Waals surface area contributed by atoms with Crippen LogP contribution in [0.15, 0.2) is 12.2 Å². The van der Waals surface area contributed by atoms with Crippen LogP contribution >= 0.6 is 0 Å². The molecule has 0 fully saturated rings. The first-order chi connectivity index (χ1) is 9.91. The molecule has 0 saturated carbocycles. The zero-order chi connectivity index (χ0) is 14.7. The van der Waals surface area contributed by atoms with E-state index in [0.29, 0.717) is 0 Å². The number of unbranched alkanes of at least 4 members (excludes halogenated alkanes) is 14. The SMILES string of the molecule is CCCCCCCCCCCCCCCCC=C[CH2][Na]. The molecule has 0 aliphatic carbocycles. The molecule has 0 bridgehead atoms. The van der Waals surface area contributed by atoms with Crippen LogP contribution in [0.25, 0.3) is 0 Å². The summed E-state index contributed by atoms with van der Waals surface area (Å²) in [6.45, 7) is 2.29. The van der Waals surface area contributed by atoms with Gasteiger partial charge in [0.1, 0.15) is 0 Å². The molecular formula is C19H37Na. The fourth-order valence-electron chi connectivity index (χ4n) is 2.74. The molecule has 0 nitrogen and oxygen atoms in total. The summed E-state index contributed by atoms with van der Waals surface area (Å²) in [5.41, 5.74) is 0. The Labute approximate surface area is 146 Å². The molecule has 0 saturated heterocycles. The van der Waals surface area contributed by atoms with Gasteiger partial charge in [-0.05, 0) is 0 Å². The molecule has 0 unspecified atom stereocenters. The average Bonchev–Trinajstić information content (AvgIpc) is 2.47. The molecule has 0 aromatic heterocycles. The third kappa shape index (κ3) is 18.7. The quantitative estimate of drug-likeness (QED) is 0.163. The Kier molecular flexibility index (Phi) is 20.5. The van der Waals surface area contributed by atoms with Crippen molar-refractivity contribution in [3.05, 3.63) is 12.2 Å². The second kappa shape index (κ2) is 19.7. The van der Waals surface area contributed by atoms with Crippen LogP contribution in [-0.4, -0.2) is 27.9 Å². The molecule has 0 atom stereocenters. The summed E-state index contributed by atoms with van der Waals surface area (Å²) in [6, 6.07) is 0. The molecule has 20 heavy (non-hydrogen) atoms. The minimum atomic E-state index is 1.32. The Bertz CT molecular complexity index is 186. The standard InChI is InChI=1S/C19H37.Na/c1-3-5-7-9-11-13-15-17-19-18-16-14-12-10-8-6-4-2;/h3,5H,1,4,6-19H2,2H3;. The van der Waals surface area contributed by atoms with Gasteiger partial charge in [-0.25, -0.2) is 0 Å². The molecule has 0 aromatic rings. The average molecular weight is 288 g/mol. The van der Waals surface area contributed by atoms with E-state index < -0.39 is 0 Å². The first-order valence-corrected chi connectivity index (χ1v) is 11.0. The maximum atomic E-state index is 2.38. The number of rotatable bonds is 16. The van der Waals surface area contributed by atoms with Gasteiger partial charge in [0.15, 0.2) is 0 Å². The van der Waals surface area contributed by atoms with Gasteiger partial charge in [-0.1, -0.05) is 45.4 Å². The van der Waals surface area contributed by atoms with Gasteiger partial charge in [-0.15, -0.1) is 0 Å². The van der Waals surface area contributed by atoms with Gasteiger partial charge in [-0.2, -0.15) is 0 Å². The molecule has 0 aliphatic rings. The molecule has 0 N–H and O–H groups in total. The van der Waals surface area contributed by atoms with Gasteiger partial charge >= 0.3 is 102 Å². The van der Waals surface area contributed by atoms with Crippen LogP contribution in [0.5, 0.6) is 0 Å². The van der Waals surface area contributed by atoms with Crippen molar-refractivity contribution in [2.24, 2.45) is 0 Å². The molecule has 0 aliphatic heterocycles. The monoisotopic (exact) mass is 288 g/mol. The Balaban J connectivity index is 2.94. The zero-order valence-corrected chi connectivity index (χ0v) is 16.5. The molecule has 0 radical (unpaired) electrons. The Morgan fingerprint density at radius 1 is 0.550 bits per heavy atom. The van der Waals surface area contributed by atoms with E-state index in [-0.39, 0.29) is 0 Å².